The Kier molecular flexibility index (Phi) is 5.63. The predicted molar refractivity (Wildman–Crippen MR) is 86.0 cm³/mol. The van der Waals surface area contributed by atoms with Gasteiger partial charge in [-0.2, -0.15) is 5.26 Å². The van der Waals surface area contributed by atoms with Crippen LogP contribution in [-0.2, 0) is 12.2 Å². The van der Waals surface area contributed by atoms with Gasteiger partial charge in [-0.1, -0.05) is 13.8 Å². The van der Waals surface area contributed by atoms with Crippen LogP contribution < -0.4 is 0 Å². The second kappa shape index (κ2) is 7.47. The highest BCUT2D eigenvalue weighted by Gasteiger charge is 2.04. The van der Waals surface area contributed by atoms with Crippen molar-refractivity contribution in [1.82, 2.24) is 4.98 Å². The first kappa shape index (κ1) is 15.1. The molecule has 0 fully saturated rings. The molecule has 1 heterocycles. The molecule has 0 aliphatic heterocycles. The van der Waals surface area contributed by atoms with Crippen molar-refractivity contribution in [3.05, 3.63) is 45.9 Å². The molecule has 0 saturated heterocycles. The fourth-order valence-corrected chi connectivity index (χ4v) is 3.44. The fraction of sp³-hybridized carbons (Fsp3) is 0.375. The van der Waals surface area contributed by atoms with E-state index >= 15 is 0 Å². The molecule has 2 aromatic rings. The summed E-state index contributed by atoms with van der Waals surface area (Å²) in [6, 6.07) is 9.84. The lowest BCUT2D eigenvalue weighted by Gasteiger charge is -2.01. The fourth-order valence-electron chi connectivity index (χ4n) is 1.73. The van der Waals surface area contributed by atoms with E-state index in [-0.39, 0.29) is 0 Å². The Morgan fingerprint density at radius 3 is 2.70 bits per heavy atom. The third-order valence-corrected chi connectivity index (χ3v) is 4.91. The van der Waals surface area contributed by atoms with Crippen LogP contribution in [0.4, 0.5) is 0 Å². The molecule has 2 rings (SSSR count). The number of thioether (sulfide) groups is 1. The summed E-state index contributed by atoms with van der Waals surface area (Å²) in [6.45, 7) is 4.49. The van der Waals surface area contributed by atoms with E-state index in [0.717, 1.165) is 23.8 Å². The lowest BCUT2D eigenvalue weighted by Crippen LogP contribution is -1.92. The number of hydrogen-bond donors (Lipinski definition) is 0. The molecule has 0 atom stereocenters. The monoisotopic (exact) mass is 302 g/mol. The van der Waals surface area contributed by atoms with Gasteiger partial charge in [0, 0.05) is 16.0 Å². The van der Waals surface area contributed by atoms with Crippen LogP contribution in [0.5, 0.6) is 0 Å². The minimum Gasteiger partial charge on any atom is -0.245 e. The van der Waals surface area contributed by atoms with E-state index < -0.39 is 0 Å². The summed E-state index contributed by atoms with van der Waals surface area (Å²) in [6.07, 6.45) is 2.29. The average molecular weight is 302 g/mol. The van der Waals surface area contributed by atoms with Gasteiger partial charge in [0.05, 0.1) is 22.3 Å². The van der Waals surface area contributed by atoms with Crippen molar-refractivity contribution in [1.29, 1.82) is 5.26 Å². The van der Waals surface area contributed by atoms with Crippen molar-refractivity contribution < 1.29 is 0 Å². The molecular formula is C16H18N2S2. The summed E-state index contributed by atoms with van der Waals surface area (Å²) in [7, 11) is 0. The van der Waals surface area contributed by atoms with Gasteiger partial charge in [0.25, 0.3) is 0 Å². The molecule has 1 aromatic carbocycles. The van der Waals surface area contributed by atoms with Crippen molar-refractivity contribution in [3.8, 4) is 6.07 Å². The second-order valence-electron chi connectivity index (χ2n) is 5.09. The predicted octanol–water partition coefficient (Wildman–Crippen LogP) is 4.90. The van der Waals surface area contributed by atoms with E-state index in [4.69, 9.17) is 5.26 Å². The smallest absolute Gasteiger partial charge is 0.0991 e. The number of benzene rings is 1. The maximum absolute atomic E-state index is 8.76. The lowest BCUT2D eigenvalue weighted by atomic mass is 10.1. The van der Waals surface area contributed by atoms with E-state index in [1.807, 2.05) is 24.3 Å². The Bertz CT molecular complexity index is 579. The van der Waals surface area contributed by atoms with Crippen LogP contribution in [0.1, 0.15) is 36.5 Å². The highest BCUT2D eigenvalue weighted by atomic mass is 32.2. The van der Waals surface area contributed by atoms with Gasteiger partial charge in [-0.15, -0.1) is 23.1 Å². The molecule has 1 aromatic heterocycles. The van der Waals surface area contributed by atoms with Gasteiger partial charge < -0.3 is 0 Å². The van der Waals surface area contributed by atoms with Crippen molar-refractivity contribution >= 4 is 23.1 Å². The molecule has 0 bridgehead atoms. The number of hydrogen-bond acceptors (Lipinski definition) is 4. The molecule has 104 valence electrons. The number of thiazole rings is 1. The topological polar surface area (TPSA) is 36.7 Å². The summed E-state index contributed by atoms with van der Waals surface area (Å²) in [5, 5.41) is 12.2. The molecular weight excluding hydrogens is 284 g/mol. The van der Waals surface area contributed by atoms with Gasteiger partial charge in [0.2, 0.25) is 0 Å². The van der Waals surface area contributed by atoms with Crippen molar-refractivity contribution in [2.45, 2.75) is 37.3 Å². The first-order valence-electron chi connectivity index (χ1n) is 6.73. The first-order chi connectivity index (χ1) is 9.67. The van der Waals surface area contributed by atoms with Crippen molar-refractivity contribution in [3.63, 3.8) is 0 Å². The van der Waals surface area contributed by atoms with Crippen LogP contribution in [0.25, 0.3) is 0 Å². The van der Waals surface area contributed by atoms with Gasteiger partial charge in [-0.05, 0) is 43.0 Å². The van der Waals surface area contributed by atoms with Gasteiger partial charge >= 0.3 is 0 Å². The molecule has 0 N–H and O–H groups in total. The van der Waals surface area contributed by atoms with Crippen LogP contribution >= 0.6 is 23.1 Å². The molecule has 2 nitrogen and oxygen atoms in total. The van der Waals surface area contributed by atoms with Crippen molar-refractivity contribution in [2.24, 2.45) is 5.92 Å². The van der Waals surface area contributed by atoms with Crippen LogP contribution in [0, 0.1) is 17.2 Å². The number of rotatable bonds is 6. The zero-order chi connectivity index (χ0) is 14.4. The molecule has 0 aliphatic carbocycles. The number of nitrogens with zero attached hydrogens (tertiary/aromatic N) is 2. The minimum absolute atomic E-state index is 0.707. The van der Waals surface area contributed by atoms with Crippen LogP contribution in [-0.4, -0.2) is 4.98 Å². The molecule has 0 spiro atoms. The van der Waals surface area contributed by atoms with E-state index in [2.05, 4.69) is 30.3 Å². The SMILES string of the molecule is CC(C)CCc1nc(CSc2ccc(C#N)cc2)cs1. The minimum atomic E-state index is 0.707. The van der Waals surface area contributed by atoms with Crippen LogP contribution in [0.3, 0.4) is 0 Å². The van der Waals surface area contributed by atoms with E-state index in [9.17, 15) is 0 Å². The van der Waals surface area contributed by atoms with Crippen LogP contribution in [0.15, 0.2) is 34.5 Å². The van der Waals surface area contributed by atoms with Gasteiger partial charge in [0.1, 0.15) is 0 Å². The van der Waals surface area contributed by atoms with Crippen LogP contribution in [0.2, 0.25) is 0 Å². The number of aromatic nitrogens is 1. The Hall–Kier alpha value is -1.31. The lowest BCUT2D eigenvalue weighted by molar-refractivity contribution is 0.585. The largest absolute Gasteiger partial charge is 0.245 e. The zero-order valence-electron chi connectivity index (χ0n) is 11.8. The summed E-state index contributed by atoms with van der Waals surface area (Å²) >= 11 is 3.53. The maximum Gasteiger partial charge on any atom is 0.0991 e. The summed E-state index contributed by atoms with van der Waals surface area (Å²) in [5.41, 5.74) is 1.86. The molecule has 4 heteroatoms. The molecule has 0 unspecified atom stereocenters. The summed E-state index contributed by atoms with van der Waals surface area (Å²) in [5.74, 6) is 1.62. The first-order valence-corrected chi connectivity index (χ1v) is 8.60. The number of nitriles is 1. The van der Waals surface area contributed by atoms with E-state index in [1.165, 1.54) is 16.3 Å². The molecule has 0 aliphatic rings. The summed E-state index contributed by atoms with van der Waals surface area (Å²) < 4.78 is 0. The maximum atomic E-state index is 8.76. The van der Waals surface area contributed by atoms with Crippen molar-refractivity contribution in [2.75, 3.05) is 0 Å². The van der Waals surface area contributed by atoms with E-state index in [1.54, 1.807) is 23.1 Å². The molecule has 0 radical (unpaired) electrons. The Labute approximate surface area is 128 Å². The van der Waals surface area contributed by atoms with Gasteiger partial charge in [-0.3, -0.25) is 0 Å². The highest BCUT2D eigenvalue weighted by molar-refractivity contribution is 7.98. The van der Waals surface area contributed by atoms with E-state index in [0.29, 0.717) is 5.56 Å². The normalized spacial score (nSPS) is 10.7. The molecule has 0 saturated carbocycles. The standard InChI is InChI=1S/C16H18N2S2/c1-12(2)3-8-16-18-14(11-20-16)10-19-15-6-4-13(9-17)5-7-15/h4-7,11-12H,3,8,10H2,1-2H3. The Balaban J connectivity index is 1.86. The third kappa shape index (κ3) is 4.66. The zero-order valence-corrected chi connectivity index (χ0v) is 13.4. The molecule has 0 amide bonds. The van der Waals surface area contributed by atoms with Gasteiger partial charge in [0.15, 0.2) is 0 Å². The second-order valence-corrected chi connectivity index (χ2v) is 7.08. The third-order valence-electron chi connectivity index (χ3n) is 2.90. The quantitative estimate of drug-likeness (QED) is 0.712. The number of aryl methyl sites for hydroxylation is 1. The Morgan fingerprint density at radius 2 is 2.05 bits per heavy atom. The average Bonchev–Trinajstić information content (AvgIpc) is 2.91. The molecule has 20 heavy (non-hydrogen) atoms. The Morgan fingerprint density at radius 1 is 1.30 bits per heavy atom. The van der Waals surface area contributed by atoms with Gasteiger partial charge in [-0.25, -0.2) is 4.98 Å². The highest BCUT2D eigenvalue weighted by Crippen LogP contribution is 2.24. The summed E-state index contributed by atoms with van der Waals surface area (Å²) in [4.78, 5) is 5.86.